The number of hydrogen-bond donors (Lipinski definition) is 1. The molecular formula is C14H20O2. The van der Waals surface area contributed by atoms with Gasteiger partial charge in [0, 0.05) is 0 Å². The van der Waals surface area contributed by atoms with Crippen LogP contribution in [-0.4, -0.2) is 12.2 Å². The lowest BCUT2D eigenvalue weighted by atomic mass is 9.86. The summed E-state index contributed by atoms with van der Waals surface area (Å²) >= 11 is 0. The summed E-state index contributed by atoms with van der Waals surface area (Å²) in [5.74, 6) is 0.829. The van der Waals surface area contributed by atoms with Gasteiger partial charge in [-0.1, -0.05) is 37.8 Å². The minimum absolute atomic E-state index is 0.634. The van der Waals surface area contributed by atoms with Crippen molar-refractivity contribution < 1.29 is 9.84 Å². The van der Waals surface area contributed by atoms with Crippen molar-refractivity contribution in [3.05, 3.63) is 29.8 Å². The molecule has 0 amide bonds. The molecule has 16 heavy (non-hydrogen) atoms. The van der Waals surface area contributed by atoms with Crippen molar-refractivity contribution >= 4 is 0 Å². The van der Waals surface area contributed by atoms with Crippen LogP contribution < -0.4 is 4.74 Å². The molecule has 2 nitrogen and oxygen atoms in total. The average Bonchev–Trinajstić information content (AvgIpc) is 2.55. The first-order chi connectivity index (χ1) is 7.74. The third-order valence-corrected chi connectivity index (χ3v) is 3.54. The summed E-state index contributed by atoms with van der Waals surface area (Å²) in [4.78, 5) is 0. The van der Waals surface area contributed by atoms with Crippen LogP contribution in [0.15, 0.2) is 24.3 Å². The Morgan fingerprint density at radius 2 is 1.81 bits per heavy atom. The molecule has 0 bridgehead atoms. The van der Waals surface area contributed by atoms with Gasteiger partial charge in [-0.15, -0.1) is 0 Å². The van der Waals surface area contributed by atoms with Gasteiger partial charge < -0.3 is 9.84 Å². The average molecular weight is 220 g/mol. The van der Waals surface area contributed by atoms with Crippen molar-refractivity contribution in [1.29, 1.82) is 0 Å². The Hall–Kier alpha value is -1.02. The van der Waals surface area contributed by atoms with Crippen LogP contribution in [0.5, 0.6) is 5.75 Å². The molecule has 1 aromatic rings. The van der Waals surface area contributed by atoms with Crippen molar-refractivity contribution in [3.63, 3.8) is 0 Å². The Labute approximate surface area is 97.3 Å². The second-order valence-corrected chi connectivity index (χ2v) is 4.68. The standard InChI is InChI=1S/C14H20O2/c1-16-13-8-6-7-12(11-13)14(15)9-4-2-3-5-10-14/h6-8,11,15H,2-5,9-10H2,1H3. The van der Waals surface area contributed by atoms with E-state index in [1.807, 2.05) is 24.3 Å². The number of aliphatic hydroxyl groups is 1. The second kappa shape index (κ2) is 4.88. The predicted molar refractivity (Wildman–Crippen MR) is 64.6 cm³/mol. The first kappa shape index (κ1) is 11.5. The van der Waals surface area contributed by atoms with Crippen LogP contribution in [0.2, 0.25) is 0 Å². The lowest BCUT2D eigenvalue weighted by molar-refractivity contribution is 0.0205. The third-order valence-electron chi connectivity index (χ3n) is 3.54. The zero-order valence-corrected chi connectivity index (χ0v) is 9.91. The fraction of sp³-hybridized carbons (Fsp3) is 0.571. The summed E-state index contributed by atoms with van der Waals surface area (Å²) in [6.07, 6.45) is 6.47. The van der Waals surface area contributed by atoms with Crippen LogP contribution in [-0.2, 0) is 5.60 Å². The van der Waals surface area contributed by atoms with E-state index in [-0.39, 0.29) is 0 Å². The first-order valence-electron chi connectivity index (χ1n) is 6.11. The van der Waals surface area contributed by atoms with Gasteiger partial charge >= 0.3 is 0 Å². The molecule has 0 radical (unpaired) electrons. The van der Waals surface area contributed by atoms with E-state index < -0.39 is 5.60 Å². The quantitative estimate of drug-likeness (QED) is 0.775. The highest BCUT2D eigenvalue weighted by atomic mass is 16.5. The summed E-state index contributed by atoms with van der Waals surface area (Å²) in [6, 6.07) is 7.85. The summed E-state index contributed by atoms with van der Waals surface area (Å²) in [5, 5.41) is 10.7. The van der Waals surface area contributed by atoms with Gasteiger partial charge in [0.2, 0.25) is 0 Å². The minimum Gasteiger partial charge on any atom is -0.497 e. The second-order valence-electron chi connectivity index (χ2n) is 4.68. The van der Waals surface area contributed by atoms with Crippen LogP contribution in [0.25, 0.3) is 0 Å². The van der Waals surface area contributed by atoms with Gasteiger partial charge in [0.15, 0.2) is 0 Å². The topological polar surface area (TPSA) is 29.5 Å². The van der Waals surface area contributed by atoms with Crippen molar-refractivity contribution in [2.45, 2.75) is 44.1 Å². The van der Waals surface area contributed by atoms with Gasteiger partial charge in [0.25, 0.3) is 0 Å². The Morgan fingerprint density at radius 1 is 1.12 bits per heavy atom. The number of ether oxygens (including phenoxy) is 1. The van der Waals surface area contributed by atoms with Crippen LogP contribution in [0.1, 0.15) is 44.1 Å². The molecule has 0 spiro atoms. The Morgan fingerprint density at radius 3 is 2.44 bits per heavy atom. The largest absolute Gasteiger partial charge is 0.497 e. The van der Waals surface area contributed by atoms with Gasteiger partial charge in [-0.25, -0.2) is 0 Å². The minimum atomic E-state index is -0.634. The van der Waals surface area contributed by atoms with E-state index in [4.69, 9.17) is 4.74 Å². The molecule has 0 heterocycles. The maximum atomic E-state index is 10.7. The van der Waals surface area contributed by atoms with Crippen molar-refractivity contribution in [1.82, 2.24) is 0 Å². The zero-order valence-electron chi connectivity index (χ0n) is 9.91. The van der Waals surface area contributed by atoms with E-state index in [1.54, 1.807) is 7.11 Å². The smallest absolute Gasteiger partial charge is 0.119 e. The molecule has 0 unspecified atom stereocenters. The van der Waals surface area contributed by atoms with Crippen molar-refractivity contribution in [3.8, 4) is 5.75 Å². The predicted octanol–water partition coefficient (Wildman–Crippen LogP) is 3.24. The van der Waals surface area contributed by atoms with Gasteiger partial charge in [-0.3, -0.25) is 0 Å². The molecule has 0 aromatic heterocycles. The van der Waals surface area contributed by atoms with Gasteiger partial charge in [0.1, 0.15) is 5.75 Å². The Balaban J connectivity index is 2.25. The van der Waals surface area contributed by atoms with Gasteiger partial charge in [-0.2, -0.15) is 0 Å². The summed E-state index contributed by atoms with van der Waals surface area (Å²) < 4.78 is 5.21. The molecule has 2 rings (SSSR count). The van der Waals surface area contributed by atoms with E-state index >= 15 is 0 Å². The van der Waals surface area contributed by atoms with Gasteiger partial charge in [0.05, 0.1) is 12.7 Å². The molecule has 2 heteroatoms. The SMILES string of the molecule is COc1cccc(C2(O)CCCCCC2)c1. The first-order valence-corrected chi connectivity index (χ1v) is 6.11. The maximum Gasteiger partial charge on any atom is 0.119 e. The van der Waals surface area contributed by atoms with Gasteiger partial charge in [-0.05, 0) is 30.5 Å². The molecular weight excluding hydrogens is 200 g/mol. The van der Waals surface area contributed by atoms with E-state index in [1.165, 1.54) is 12.8 Å². The Kier molecular flexibility index (Phi) is 3.49. The summed E-state index contributed by atoms with van der Waals surface area (Å²) in [7, 11) is 1.66. The van der Waals surface area contributed by atoms with E-state index in [2.05, 4.69) is 0 Å². The van der Waals surface area contributed by atoms with Crippen LogP contribution in [0, 0.1) is 0 Å². The molecule has 1 aliphatic rings. The highest BCUT2D eigenvalue weighted by molar-refractivity contribution is 5.32. The number of methoxy groups -OCH3 is 1. The molecule has 1 aromatic carbocycles. The lowest BCUT2D eigenvalue weighted by Crippen LogP contribution is -2.24. The fourth-order valence-electron chi connectivity index (χ4n) is 2.51. The van der Waals surface area contributed by atoms with Crippen molar-refractivity contribution in [2.24, 2.45) is 0 Å². The maximum absolute atomic E-state index is 10.7. The van der Waals surface area contributed by atoms with E-state index in [0.29, 0.717) is 0 Å². The fourth-order valence-corrected chi connectivity index (χ4v) is 2.51. The number of hydrogen-bond acceptors (Lipinski definition) is 2. The molecule has 0 saturated heterocycles. The van der Waals surface area contributed by atoms with E-state index in [0.717, 1.165) is 37.0 Å². The number of rotatable bonds is 2. The normalized spacial score (nSPS) is 20.1. The third kappa shape index (κ3) is 2.38. The molecule has 88 valence electrons. The van der Waals surface area contributed by atoms with Crippen LogP contribution in [0.3, 0.4) is 0 Å². The zero-order chi connectivity index (χ0) is 11.4. The molecule has 1 saturated carbocycles. The highest BCUT2D eigenvalue weighted by Crippen LogP contribution is 2.36. The Bertz CT molecular complexity index is 338. The highest BCUT2D eigenvalue weighted by Gasteiger charge is 2.30. The molecule has 0 aliphatic heterocycles. The summed E-state index contributed by atoms with van der Waals surface area (Å²) in [5.41, 5.74) is 0.374. The van der Waals surface area contributed by atoms with Crippen molar-refractivity contribution in [2.75, 3.05) is 7.11 Å². The molecule has 1 fully saturated rings. The van der Waals surface area contributed by atoms with Crippen LogP contribution >= 0.6 is 0 Å². The molecule has 1 aliphatic carbocycles. The monoisotopic (exact) mass is 220 g/mol. The summed E-state index contributed by atoms with van der Waals surface area (Å²) in [6.45, 7) is 0. The lowest BCUT2D eigenvalue weighted by Gasteiger charge is -2.27. The molecule has 0 atom stereocenters. The van der Waals surface area contributed by atoms with E-state index in [9.17, 15) is 5.11 Å². The molecule has 1 N–H and O–H groups in total. The van der Waals surface area contributed by atoms with Crippen LogP contribution in [0.4, 0.5) is 0 Å². The number of benzene rings is 1.